The van der Waals surface area contributed by atoms with Crippen LogP contribution in [0.15, 0.2) is 72.8 Å². The van der Waals surface area contributed by atoms with Gasteiger partial charge in [-0.05, 0) is 35.9 Å². The fourth-order valence-corrected chi connectivity index (χ4v) is 3.18. The molecule has 5 heteroatoms. The maximum Gasteiger partial charge on any atom is 0.165 e. The van der Waals surface area contributed by atoms with Crippen LogP contribution in [-0.4, -0.2) is 5.78 Å². The lowest BCUT2D eigenvalue weighted by Crippen LogP contribution is -2.16. The smallest absolute Gasteiger partial charge is 0.165 e. The predicted molar refractivity (Wildman–Crippen MR) is 110 cm³/mol. The summed E-state index contributed by atoms with van der Waals surface area (Å²) in [6, 6.07) is 21.7. The molecule has 3 aromatic rings. The molecule has 0 aliphatic carbocycles. The first-order valence-corrected chi connectivity index (χ1v) is 9.21. The minimum Gasteiger partial charge on any atom is -0.378 e. The van der Waals surface area contributed by atoms with E-state index in [2.05, 4.69) is 5.32 Å². The molecule has 132 valence electrons. The van der Waals surface area contributed by atoms with Crippen molar-refractivity contribution in [3.8, 4) is 0 Å². The lowest BCUT2D eigenvalue weighted by atomic mass is 9.97. The molecule has 1 N–H and O–H groups in total. The van der Waals surface area contributed by atoms with E-state index in [0.717, 1.165) is 11.3 Å². The summed E-state index contributed by atoms with van der Waals surface area (Å²) in [6.07, 6.45) is 0.272. The molecule has 3 rings (SSSR count). The van der Waals surface area contributed by atoms with Crippen LogP contribution in [0.25, 0.3) is 0 Å². The maximum absolute atomic E-state index is 12.7. The zero-order chi connectivity index (χ0) is 18.5. The number of carbonyl (C=O) groups is 1. The lowest BCUT2D eigenvalue weighted by molar-refractivity contribution is 0.0976. The number of ketones is 1. The van der Waals surface area contributed by atoms with Crippen LogP contribution >= 0.6 is 34.8 Å². The van der Waals surface area contributed by atoms with Crippen LogP contribution in [0.3, 0.4) is 0 Å². The number of hydrogen-bond donors (Lipinski definition) is 1. The Labute approximate surface area is 167 Å². The molecule has 0 spiro atoms. The Kier molecular flexibility index (Phi) is 6.20. The van der Waals surface area contributed by atoms with Crippen molar-refractivity contribution < 1.29 is 4.79 Å². The van der Waals surface area contributed by atoms with Crippen molar-refractivity contribution in [1.29, 1.82) is 0 Å². The molecule has 1 unspecified atom stereocenters. The van der Waals surface area contributed by atoms with E-state index < -0.39 is 0 Å². The highest BCUT2D eigenvalue weighted by molar-refractivity contribution is 6.42. The fraction of sp³-hybridized carbons (Fsp3) is 0.0952. The van der Waals surface area contributed by atoms with Crippen LogP contribution in [-0.2, 0) is 0 Å². The number of benzene rings is 3. The summed E-state index contributed by atoms with van der Waals surface area (Å²) in [4.78, 5) is 12.7. The quantitative estimate of drug-likeness (QED) is 0.445. The number of halogens is 3. The van der Waals surface area contributed by atoms with Gasteiger partial charge in [-0.25, -0.2) is 0 Å². The molecule has 26 heavy (non-hydrogen) atoms. The Hall–Kier alpha value is -2.00. The second-order valence-electron chi connectivity index (χ2n) is 5.87. The van der Waals surface area contributed by atoms with Crippen LogP contribution in [0.2, 0.25) is 15.1 Å². The van der Waals surface area contributed by atoms with Gasteiger partial charge in [0.15, 0.2) is 5.78 Å². The van der Waals surface area contributed by atoms with Gasteiger partial charge in [-0.1, -0.05) is 77.3 Å². The predicted octanol–water partition coefficient (Wildman–Crippen LogP) is 7.07. The molecule has 0 saturated heterocycles. The molecule has 0 saturated carbocycles. The first-order chi connectivity index (χ1) is 12.5. The average molecular weight is 405 g/mol. The molecule has 0 aliphatic rings. The van der Waals surface area contributed by atoms with Gasteiger partial charge in [0, 0.05) is 22.7 Å². The van der Waals surface area contributed by atoms with E-state index in [9.17, 15) is 4.79 Å². The molecule has 0 aliphatic heterocycles. The van der Waals surface area contributed by atoms with Crippen LogP contribution in [0.1, 0.15) is 28.4 Å². The van der Waals surface area contributed by atoms with E-state index in [0.29, 0.717) is 20.6 Å². The monoisotopic (exact) mass is 403 g/mol. The summed E-state index contributed by atoms with van der Waals surface area (Å²) in [6.45, 7) is 0. The molecular formula is C21H16Cl3NO. The van der Waals surface area contributed by atoms with Gasteiger partial charge in [-0.2, -0.15) is 0 Å². The Morgan fingerprint density at radius 3 is 2.31 bits per heavy atom. The zero-order valence-corrected chi connectivity index (χ0v) is 16.0. The summed E-state index contributed by atoms with van der Waals surface area (Å²) in [5.41, 5.74) is 2.38. The number of anilines is 1. The molecule has 0 heterocycles. The van der Waals surface area contributed by atoms with E-state index in [1.54, 1.807) is 18.2 Å². The highest BCUT2D eigenvalue weighted by Gasteiger charge is 2.18. The van der Waals surface area contributed by atoms with Gasteiger partial charge in [0.25, 0.3) is 0 Å². The summed E-state index contributed by atoms with van der Waals surface area (Å²) >= 11 is 18.3. The number of nitrogens with one attached hydrogen (secondary N) is 1. The van der Waals surface area contributed by atoms with Crippen LogP contribution in [0.4, 0.5) is 5.69 Å². The van der Waals surface area contributed by atoms with Crippen molar-refractivity contribution >= 4 is 46.3 Å². The molecule has 0 fully saturated rings. The van der Waals surface area contributed by atoms with E-state index >= 15 is 0 Å². The largest absolute Gasteiger partial charge is 0.378 e. The second kappa shape index (κ2) is 8.59. The van der Waals surface area contributed by atoms with Crippen molar-refractivity contribution in [3.63, 3.8) is 0 Å². The van der Waals surface area contributed by atoms with Crippen molar-refractivity contribution in [2.45, 2.75) is 12.5 Å². The average Bonchev–Trinajstić information content (AvgIpc) is 2.64. The SMILES string of the molecule is O=C(CC(Nc1cccc(Cl)c1)c1ccc(Cl)c(Cl)c1)c1ccccc1. The molecule has 1 atom stereocenters. The van der Waals surface area contributed by atoms with Gasteiger partial charge in [0.2, 0.25) is 0 Å². The molecule has 0 bridgehead atoms. The summed E-state index contributed by atoms with van der Waals surface area (Å²) in [7, 11) is 0. The van der Waals surface area contributed by atoms with Crippen molar-refractivity contribution in [2.24, 2.45) is 0 Å². The van der Waals surface area contributed by atoms with Crippen molar-refractivity contribution in [1.82, 2.24) is 0 Å². The Balaban J connectivity index is 1.90. The van der Waals surface area contributed by atoms with Crippen molar-refractivity contribution in [3.05, 3.63) is 99.0 Å². The number of rotatable bonds is 6. The van der Waals surface area contributed by atoms with E-state index in [4.69, 9.17) is 34.8 Å². The second-order valence-corrected chi connectivity index (χ2v) is 7.12. The van der Waals surface area contributed by atoms with Gasteiger partial charge in [0.1, 0.15) is 0 Å². The van der Waals surface area contributed by atoms with Crippen LogP contribution < -0.4 is 5.32 Å². The topological polar surface area (TPSA) is 29.1 Å². The highest BCUT2D eigenvalue weighted by atomic mass is 35.5. The van der Waals surface area contributed by atoms with Gasteiger partial charge < -0.3 is 5.32 Å². The number of hydrogen-bond acceptors (Lipinski definition) is 2. The van der Waals surface area contributed by atoms with E-state index in [1.165, 1.54) is 0 Å². The molecule has 2 nitrogen and oxygen atoms in total. The van der Waals surface area contributed by atoms with E-state index in [1.807, 2.05) is 54.6 Å². The Morgan fingerprint density at radius 2 is 1.62 bits per heavy atom. The lowest BCUT2D eigenvalue weighted by Gasteiger charge is -2.21. The number of carbonyl (C=O) groups excluding carboxylic acids is 1. The molecule has 3 aromatic carbocycles. The minimum atomic E-state index is -0.268. The number of Topliss-reactive ketones (excluding diaryl/α,β-unsaturated/α-hetero) is 1. The van der Waals surface area contributed by atoms with Gasteiger partial charge in [0.05, 0.1) is 16.1 Å². The first kappa shape index (κ1) is 18.8. The van der Waals surface area contributed by atoms with Crippen LogP contribution in [0, 0.1) is 0 Å². The molecule has 0 aromatic heterocycles. The standard InChI is InChI=1S/C21H16Cl3NO/c22-16-7-4-8-17(12-16)25-20(15-9-10-18(23)19(24)11-15)13-21(26)14-5-2-1-3-6-14/h1-12,20,25H,13H2. The highest BCUT2D eigenvalue weighted by Crippen LogP contribution is 2.30. The normalized spacial score (nSPS) is 11.8. The van der Waals surface area contributed by atoms with Gasteiger partial charge >= 0.3 is 0 Å². The van der Waals surface area contributed by atoms with Crippen molar-refractivity contribution in [2.75, 3.05) is 5.32 Å². The van der Waals surface area contributed by atoms with Gasteiger partial charge in [-0.3, -0.25) is 4.79 Å². The van der Waals surface area contributed by atoms with Crippen LogP contribution in [0.5, 0.6) is 0 Å². The van der Waals surface area contributed by atoms with E-state index in [-0.39, 0.29) is 18.2 Å². The Bertz CT molecular complexity index is 912. The summed E-state index contributed by atoms with van der Waals surface area (Å²) < 4.78 is 0. The third kappa shape index (κ3) is 4.79. The third-order valence-electron chi connectivity index (χ3n) is 4.00. The maximum atomic E-state index is 12.7. The molecule has 0 radical (unpaired) electrons. The van der Waals surface area contributed by atoms with Gasteiger partial charge in [-0.15, -0.1) is 0 Å². The minimum absolute atomic E-state index is 0.0381. The zero-order valence-electron chi connectivity index (χ0n) is 13.8. The molecular weight excluding hydrogens is 389 g/mol. The third-order valence-corrected chi connectivity index (χ3v) is 4.97. The summed E-state index contributed by atoms with van der Waals surface area (Å²) in [5.74, 6) is 0.0381. The first-order valence-electron chi connectivity index (χ1n) is 8.08. The summed E-state index contributed by atoms with van der Waals surface area (Å²) in [5, 5.41) is 4.93. The molecule has 0 amide bonds. The fourth-order valence-electron chi connectivity index (χ4n) is 2.69. The Morgan fingerprint density at radius 1 is 0.846 bits per heavy atom.